The van der Waals surface area contributed by atoms with Crippen LogP contribution in [0.2, 0.25) is 0 Å². The van der Waals surface area contributed by atoms with E-state index in [2.05, 4.69) is 26.1 Å². The minimum Gasteiger partial charge on any atom is -0.493 e. The third-order valence-electron chi connectivity index (χ3n) is 3.96. The Balaban J connectivity index is 1.68. The molecule has 2 aromatic rings. The lowest BCUT2D eigenvalue weighted by molar-refractivity contribution is -0.147. The third-order valence-corrected chi connectivity index (χ3v) is 3.96. The van der Waals surface area contributed by atoms with Crippen molar-refractivity contribution in [3.8, 4) is 11.8 Å². The molecule has 1 N–H and O–H groups in total. The summed E-state index contributed by atoms with van der Waals surface area (Å²) < 4.78 is 10.5. The predicted octanol–water partition coefficient (Wildman–Crippen LogP) is 3.81. The number of hydrogen-bond acceptors (Lipinski definition) is 5. The molecule has 0 aliphatic carbocycles. The van der Waals surface area contributed by atoms with Crippen LogP contribution in [0.4, 0.5) is 5.69 Å². The van der Waals surface area contributed by atoms with Crippen LogP contribution >= 0.6 is 0 Å². The van der Waals surface area contributed by atoms with Crippen molar-refractivity contribution in [2.45, 2.75) is 32.6 Å². The number of carbonyl (C=O) groups excluding carboxylic acids is 2. The second-order valence-electron chi connectivity index (χ2n) is 7.27. The molecule has 0 bridgehead atoms. The van der Waals surface area contributed by atoms with Crippen molar-refractivity contribution < 1.29 is 19.1 Å². The van der Waals surface area contributed by atoms with Crippen LogP contribution in [0.5, 0.6) is 5.75 Å². The molecule has 1 amide bonds. The van der Waals surface area contributed by atoms with Gasteiger partial charge < -0.3 is 14.8 Å². The molecule has 0 unspecified atom stereocenters. The number of anilines is 1. The van der Waals surface area contributed by atoms with Gasteiger partial charge >= 0.3 is 5.97 Å². The number of esters is 1. The normalized spacial score (nSPS) is 10.6. The number of amides is 1. The van der Waals surface area contributed by atoms with E-state index in [4.69, 9.17) is 14.7 Å². The summed E-state index contributed by atoms with van der Waals surface area (Å²) >= 11 is 0. The van der Waals surface area contributed by atoms with Crippen molar-refractivity contribution >= 4 is 17.6 Å². The third kappa shape index (κ3) is 6.76. The highest BCUT2D eigenvalue weighted by atomic mass is 16.5. The molecule has 0 saturated heterocycles. The predicted molar refractivity (Wildman–Crippen MR) is 106 cm³/mol. The van der Waals surface area contributed by atoms with E-state index in [1.165, 1.54) is 5.56 Å². The van der Waals surface area contributed by atoms with Gasteiger partial charge in [-0.05, 0) is 47.4 Å². The van der Waals surface area contributed by atoms with Crippen molar-refractivity contribution in [2.24, 2.45) is 0 Å². The van der Waals surface area contributed by atoms with Crippen LogP contribution in [0, 0.1) is 11.3 Å². The molecule has 0 atom stereocenters. The van der Waals surface area contributed by atoms with Gasteiger partial charge in [0.2, 0.25) is 0 Å². The summed E-state index contributed by atoms with van der Waals surface area (Å²) in [7, 11) is 0. The number of hydrogen-bond donors (Lipinski definition) is 1. The molecule has 0 aromatic heterocycles. The molecule has 28 heavy (non-hydrogen) atoms. The molecule has 0 aliphatic rings. The standard InChI is InChI=1S/C22H24N2O4/c1-22(2,3)17-6-10-19(11-7-17)27-13-12-21(26)28-15-20(25)24-18-8-4-16(14-23)5-9-18/h4-11H,12-13,15H2,1-3H3,(H,24,25). The molecule has 6 heteroatoms. The summed E-state index contributed by atoms with van der Waals surface area (Å²) in [5.41, 5.74) is 2.30. The molecular formula is C22H24N2O4. The van der Waals surface area contributed by atoms with Gasteiger partial charge in [0.15, 0.2) is 6.61 Å². The van der Waals surface area contributed by atoms with Gasteiger partial charge in [-0.1, -0.05) is 32.9 Å². The number of nitriles is 1. The van der Waals surface area contributed by atoms with E-state index in [0.717, 1.165) is 0 Å². The van der Waals surface area contributed by atoms with Crippen LogP contribution in [0.1, 0.15) is 38.3 Å². The fraction of sp³-hybridized carbons (Fsp3) is 0.318. The lowest BCUT2D eigenvalue weighted by Gasteiger charge is -2.19. The molecule has 6 nitrogen and oxygen atoms in total. The minimum absolute atomic E-state index is 0.0468. The zero-order valence-electron chi connectivity index (χ0n) is 16.3. The van der Waals surface area contributed by atoms with Gasteiger partial charge in [-0.2, -0.15) is 5.26 Å². The Hall–Kier alpha value is -3.33. The van der Waals surface area contributed by atoms with E-state index < -0.39 is 11.9 Å². The second kappa shape index (κ2) is 9.56. The molecule has 0 fully saturated rings. The van der Waals surface area contributed by atoms with Crippen molar-refractivity contribution in [1.29, 1.82) is 5.26 Å². The first kappa shape index (κ1) is 21.0. The Morgan fingerprint density at radius 2 is 1.68 bits per heavy atom. The maximum absolute atomic E-state index is 11.8. The quantitative estimate of drug-likeness (QED) is 0.738. The zero-order valence-corrected chi connectivity index (χ0v) is 16.3. The number of rotatable bonds is 7. The number of carbonyl (C=O) groups is 2. The number of benzene rings is 2. The molecule has 0 radical (unpaired) electrons. The van der Waals surface area contributed by atoms with E-state index in [9.17, 15) is 9.59 Å². The Kier molecular flexibility index (Phi) is 7.16. The Morgan fingerprint density at radius 1 is 1.04 bits per heavy atom. The Bertz CT molecular complexity index is 844. The average Bonchev–Trinajstić information content (AvgIpc) is 2.67. The smallest absolute Gasteiger partial charge is 0.309 e. The molecule has 0 saturated carbocycles. The molecule has 0 aliphatic heterocycles. The second-order valence-corrected chi connectivity index (χ2v) is 7.27. The minimum atomic E-state index is -0.513. The average molecular weight is 380 g/mol. The highest BCUT2D eigenvalue weighted by Crippen LogP contribution is 2.24. The zero-order chi connectivity index (χ0) is 20.6. The number of nitrogens with zero attached hydrogens (tertiary/aromatic N) is 1. The maximum atomic E-state index is 11.8. The van der Waals surface area contributed by atoms with Crippen LogP contribution in [0.3, 0.4) is 0 Å². The topological polar surface area (TPSA) is 88.4 Å². The molecule has 2 aromatic carbocycles. The first-order valence-corrected chi connectivity index (χ1v) is 8.97. The highest BCUT2D eigenvalue weighted by Gasteiger charge is 2.13. The van der Waals surface area contributed by atoms with Gasteiger partial charge in [0.05, 0.1) is 24.7 Å². The van der Waals surface area contributed by atoms with Gasteiger partial charge in [0.25, 0.3) is 5.91 Å². The van der Waals surface area contributed by atoms with Gasteiger partial charge in [0, 0.05) is 5.69 Å². The van der Waals surface area contributed by atoms with E-state index in [-0.39, 0.29) is 25.0 Å². The van der Waals surface area contributed by atoms with Gasteiger partial charge in [-0.15, -0.1) is 0 Å². The van der Waals surface area contributed by atoms with Crippen LogP contribution in [-0.2, 0) is 19.7 Å². The molecule has 146 valence electrons. The summed E-state index contributed by atoms with van der Waals surface area (Å²) in [5.74, 6) is -0.280. The molecule has 0 spiro atoms. The van der Waals surface area contributed by atoms with Crippen LogP contribution in [0.15, 0.2) is 48.5 Å². The first-order valence-electron chi connectivity index (χ1n) is 8.97. The van der Waals surface area contributed by atoms with Crippen LogP contribution in [0.25, 0.3) is 0 Å². The van der Waals surface area contributed by atoms with E-state index in [1.807, 2.05) is 30.3 Å². The summed E-state index contributed by atoms with van der Waals surface area (Å²) in [5, 5.41) is 11.3. The van der Waals surface area contributed by atoms with Crippen molar-refractivity contribution in [1.82, 2.24) is 0 Å². The highest BCUT2D eigenvalue weighted by molar-refractivity contribution is 5.92. The molecule has 2 rings (SSSR count). The molecular weight excluding hydrogens is 356 g/mol. The Morgan fingerprint density at radius 3 is 2.25 bits per heavy atom. The van der Waals surface area contributed by atoms with Crippen LogP contribution in [-0.4, -0.2) is 25.1 Å². The lowest BCUT2D eigenvalue weighted by atomic mass is 9.87. The van der Waals surface area contributed by atoms with Crippen molar-refractivity contribution in [3.05, 3.63) is 59.7 Å². The first-order chi connectivity index (χ1) is 13.3. The summed E-state index contributed by atoms with van der Waals surface area (Å²) in [6.45, 7) is 6.20. The van der Waals surface area contributed by atoms with Crippen molar-refractivity contribution in [2.75, 3.05) is 18.5 Å². The number of ether oxygens (including phenoxy) is 2. The summed E-state index contributed by atoms with van der Waals surface area (Å²) in [6, 6.07) is 16.1. The fourth-order valence-electron chi connectivity index (χ4n) is 2.35. The summed E-state index contributed by atoms with van der Waals surface area (Å²) in [6.07, 6.45) is 0.0468. The summed E-state index contributed by atoms with van der Waals surface area (Å²) in [4.78, 5) is 23.5. The van der Waals surface area contributed by atoms with Gasteiger partial charge in [-0.3, -0.25) is 9.59 Å². The van der Waals surface area contributed by atoms with Crippen molar-refractivity contribution in [3.63, 3.8) is 0 Å². The van der Waals surface area contributed by atoms with Gasteiger partial charge in [-0.25, -0.2) is 0 Å². The fourth-order valence-corrected chi connectivity index (χ4v) is 2.35. The largest absolute Gasteiger partial charge is 0.493 e. The lowest BCUT2D eigenvalue weighted by Crippen LogP contribution is -2.21. The van der Waals surface area contributed by atoms with E-state index >= 15 is 0 Å². The SMILES string of the molecule is CC(C)(C)c1ccc(OCCC(=O)OCC(=O)Nc2ccc(C#N)cc2)cc1. The molecule has 0 heterocycles. The number of nitrogens with one attached hydrogen (secondary N) is 1. The van der Waals surface area contributed by atoms with E-state index in [1.54, 1.807) is 24.3 Å². The van der Waals surface area contributed by atoms with E-state index in [0.29, 0.717) is 17.0 Å². The van der Waals surface area contributed by atoms with Crippen LogP contribution < -0.4 is 10.1 Å². The Labute approximate surface area is 165 Å². The monoisotopic (exact) mass is 380 g/mol. The maximum Gasteiger partial charge on any atom is 0.309 e. The van der Waals surface area contributed by atoms with Gasteiger partial charge in [0.1, 0.15) is 5.75 Å².